The Bertz CT molecular complexity index is 1160. The highest BCUT2D eigenvalue weighted by Gasteiger charge is 2.36. The molecule has 152 valence electrons. The molecule has 1 aromatic carbocycles. The summed E-state index contributed by atoms with van der Waals surface area (Å²) in [5.74, 6) is -1.05. The lowest BCUT2D eigenvalue weighted by Gasteiger charge is -2.29. The van der Waals surface area contributed by atoms with E-state index in [4.69, 9.17) is 4.52 Å². The van der Waals surface area contributed by atoms with Gasteiger partial charge in [-0.2, -0.15) is 0 Å². The van der Waals surface area contributed by atoms with Gasteiger partial charge in [0.15, 0.2) is 17.4 Å². The van der Waals surface area contributed by atoms with Gasteiger partial charge in [-0.3, -0.25) is 19.4 Å². The van der Waals surface area contributed by atoms with Crippen molar-refractivity contribution < 1.29 is 18.9 Å². The number of pyridine rings is 1. The van der Waals surface area contributed by atoms with Crippen LogP contribution in [-0.4, -0.2) is 34.8 Å². The van der Waals surface area contributed by atoms with Crippen molar-refractivity contribution in [3.8, 4) is 11.3 Å². The molecule has 1 N–H and O–H groups in total. The first-order chi connectivity index (χ1) is 14.3. The number of benzene rings is 1. The monoisotopic (exact) mass is 468 g/mol. The average molecular weight is 469 g/mol. The van der Waals surface area contributed by atoms with Crippen LogP contribution < -0.4 is 10.2 Å². The number of carbonyl (C=O) groups excluding carboxylic acids is 3. The second kappa shape index (κ2) is 7.83. The first kappa shape index (κ1) is 20.0. The zero-order chi connectivity index (χ0) is 21.4. The van der Waals surface area contributed by atoms with Crippen LogP contribution in [0.3, 0.4) is 0 Å². The Morgan fingerprint density at radius 1 is 1.23 bits per heavy atom. The van der Waals surface area contributed by atoms with Crippen LogP contribution in [0.1, 0.15) is 23.0 Å². The van der Waals surface area contributed by atoms with Crippen LogP contribution in [0.2, 0.25) is 0 Å². The zero-order valence-corrected chi connectivity index (χ0v) is 17.8. The second-order valence-electron chi connectivity index (χ2n) is 6.94. The number of aromatic nitrogens is 2. The minimum Gasteiger partial charge on any atom is -0.354 e. The molecule has 9 heteroatoms. The Kier molecular flexibility index (Phi) is 5.21. The van der Waals surface area contributed by atoms with Gasteiger partial charge in [-0.05, 0) is 25.1 Å². The van der Waals surface area contributed by atoms with Gasteiger partial charge in [0.25, 0.3) is 0 Å². The van der Waals surface area contributed by atoms with Gasteiger partial charge in [-0.25, -0.2) is 0 Å². The Balaban J connectivity index is 1.53. The summed E-state index contributed by atoms with van der Waals surface area (Å²) in [6.07, 6.45) is 1.35. The first-order valence-corrected chi connectivity index (χ1v) is 9.96. The Hall–Kier alpha value is -3.33. The third-order valence-corrected chi connectivity index (χ3v) is 5.47. The molecule has 0 radical (unpaired) electrons. The maximum Gasteiger partial charge on any atom is 0.237 e. The molecule has 0 fully saturated rings. The molecule has 0 spiro atoms. The van der Waals surface area contributed by atoms with Gasteiger partial charge < -0.3 is 14.7 Å². The number of fused-ring (bicyclic) bond motifs is 1. The molecule has 3 heterocycles. The lowest BCUT2D eigenvalue weighted by atomic mass is 9.90. The number of nitrogens with zero attached hydrogens (tertiary/aromatic N) is 3. The molecule has 3 aromatic rings. The molecule has 0 saturated carbocycles. The van der Waals surface area contributed by atoms with E-state index in [9.17, 15) is 14.4 Å². The third-order valence-electron chi connectivity index (χ3n) is 4.94. The number of halogens is 1. The molecule has 1 aliphatic rings. The number of anilines is 2. The molecule has 0 aliphatic carbocycles. The normalized spacial score (nSPS) is 15.8. The largest absolute Gasteiger partial charge is 0.354 e. The molecule has 8 nitrogen and oxygen atoms in total. The summed E-state index contributed by atoms with van der Waals surface area (Å²) < 4.78 is 6.23. The number of ketones is 1. The summed E-state index contributed by atoms with van der Waals surface area (Å²) in [6.45, 7) is 1.56. The maximum atomic E-state index is 12.7. The Morgan fingerprint density at radius 2 is 1.97 bits per heavy atom. The molecule has 2 amide bonds. The molecular formula is C21H17BrN4O4. The van der Waals surface area contributed by atoms with Crippen LogP contribution in [-0.2, 0) is 16.0 Å². The first-order valence-electron chi connectivity index (χ1n) is 9.17. The molecule has 0 bridgehead atoms. The number of hydrogen-bond donors (Lipinski definition) is 1. The fourth-order valence-electron chi connectivity index (χ4n) is 3.34. The van der Waals surface area contributed by atoms with Crippen molar-refractivity contribution >= 4 is 45.0 Å². The molecule has 2 aromatic heterocycles. The van der Waals surface area contributed by atoms with Crippen LogP contribution in [0.5, 0.6) is 0 Å². The van der Waals surface area contributed by atoms with E-state index in [2.05, 4.69) is 31.4 Å². The van der Waals surface area contributed by atoms with Gasteiger partial charge in [0.1, 0.15) is 0 Å². The van der Waals surface area contributed by atoms with E-state index >= 15 is 0 Å². The fourth-order valence-corrected chi connectivity index (χ4v) is 3.60. The van der Waals surface area contributed by atoms with Gasteiger partial charge in [0, 0.05) is 29.3 Å². The summed E-state index contributed by atoms with van der Waals surface area (Å²) in [5.41, 5.74) is 1.90. The predicted octanol–water partition coefficient (Wildman–Crippen LogP) is 3.48. The van der Waals surface area contributed by atoms with Crippen molar-refractivity contribution in [1.29, 1.82) is 0 Å². The van der Waals surface area contributed by atoms with Crippen molar-refractivity contribution in [2.75, 3.05) is 17.3 Å². The van der Waals surface area contributed by atoms with Crippen LogP contribution in [0.25, 0.3) is 11.3 Å². The quantitative estimate of drug-likeness (QED) is 0.587. The number of carbonyl (C=O) groups is 3. The van der Waals surface area contributed by atoms with E-state index in [0.29, 0.717) is 22.7 Å². The van der Waals surface area contributed by atoms with Gasteiger partial charge in [0.05, 0.1) is 29.3 Å². The van der Waals surface area contributed by atoms with Gasteiger partial charge in [-0.15, -0.1) is 0 Å². The number of amides is 2. The van der Waals surface area contributed by atoms with E-state index < -0.39 is 11.8 Å². The average Bonchev–Trinajstić information content (AvgIpc) is 3.19. The SMILES string of the molecule is CC1C(=O)c2c(ccnc2CC(=O)Nc2cc(-c3ccc(Br)cc3)on2)N(C)C1=O. The van der Waals surface area contributed by atoms with Crippen LogP contribution in [0.4, 0.5) is 11.5 Å². The molecule has 0 saturated heterocycles. The van der Waals surface area contributed by atoms with Crippen molar-refractivity contribution in [3.05, 3.63) is 58.3 Å². The van der Waals surface area contributed by atoms with Crippen molar-refractivity contribution in [2.45, 2.75) is 13.3 Å². The lowest BCUT2D eigenvalue weighted by molar-refractivity contribution is -0.120. The summed E-state index contributed by atoms with van der Waals surface area (Å²) in [5, 5.41) is 6.53. The van der Waals surface area contributed by atoms with Crippen molar-refractivity contribution in [2.24, 2.45) is 5.92 Å². The summed E-state index contributed by atoms with van der Waals surface area (Å²) in [4.78, 5) is 43.1. The maximum absolute atomic E-state index is 12.7. The zero-order valence-electron chi connectivity index (χ0n) is 16.2. The second-order valence-corrected chi connectivity index (χ2v) is 7.86. The highest BCUT2D eigenvalue weighted by atomic mass is 79.9. The fraction of sp³-hybridized carbons (Fsp3) is 0.190. The number of hydrogen-bond acceptors (Lipinski definition) is 6. The minimum absolute atomic E-state index is 0.135. The third kappa shape index (κ3) is 3.63. The predicted molar refractivity (Wildman–Crippen MR) is 113 cm³/mol. The number of nitrogens with one attached hydrogen (secondary N) is 1. The molecular weight excluding hydrogens is 452 g/mol. The van der Waals surface area contributed by atoms with Crippen LogP contribution in [0, 0.1) is 5.92 Å². The number of rotatable bonds is 4. The molecule has 1 aliphatic heterocycles. The van der Waals surface area contributed by atoms with E-state index in [1.54, 1.807) is 26.1 Å². The van der Waals surface area contributed by atoms with Crippen molar-refractivity contribution in [3.63, 3.8) is 0 Å². The lowest BCUT2D eigenvalue weighted by Crippen LogP contribution is -2.41. The van der Waals surface area contributed by atoms with E-state index in [1.165, 1.54) is 11.1 Å². The molecule has 30 heavy (non-hydrogen) atoms. The Morgan fingerprint density at radius 3 is 2.70 bits per heavy atom. The Labute approximate surface area is 180 Å². The molecule has 4 rings (SSSR count). The van der Waals surface area contributed by atoms with E-state index in [0.717, 1.165) is 10.0 Å². The topological polar surface area (TPSA) is 105 Å². The smallest absolute Gasteiger partial charge is 0.237 e. The van der Waals surface area contributed by atoms with Gasteiger partial charge in [-0.1, -0.05) is 33.2 Å². The van der Waals surface area contributed by atoms with Crippen LogP contribution in [0.15, 0.2) is 51.6 Å². The van der Waals surface area contributed by atoms with Gasteiger partial charge >= 0.3 is 0 Å². The summed E-state index contributed by atoms with van der Waals surface area (Å²) >= 11 is 3.37. The summed E-state index contributed by atoms with van der Waals surface area (Å²) in [7, 11) is 1.60. The van der Waals surface area contributed by atoms with Gasteiger partial charge in [0.2, 0.25) is 11.8 Å². The summed E-state index contributed by atoms with van der Waals surface area (Å²) in [6, 6.07) is 10.7. The van der Waals surface area contributed by atoms with Crippen molar-refractivity contribution in [1.82, 2.24) is 10.1 Å². The van der Waals surface area contributed by atoms with E-state index in [1.807, 2.05) is 24.3 Å². The number of Topliss-reactive ketones (excluding diaryl/α,β-unsaturated/α-hetero) is 1. The minimum atomic E-state index is -0.808. The molecule has 1 unspecified atom stereocenters. The molecule has 1 atom stereocenters. The highest BCUT2D eigenvalue weighted by molar-refractivity contribution is 9.10. The standard InChI is InChI=1S/C21H17BrN4O4/c1-11-20(28)19-14(23-8-7-15(19)26(2)21(11)29)9-18(27)24-17-10-16(30-25-17)12-3-5-13(22)6-4-12/h3-8,10-11H,9H2,1-2H3,(H,24,25,27). The van der Waals surface area contributed by atoms with E-state index in [-0.39, 0.29) is 23.9 Å². The van der Waals surface area contributed by atoms with Crippen LogP contribution >= 0.6 is 15.9 Å². The highest BCUT2D eigenvalue weighted by Crippen LogP contribution is 2.31.